The highest BCUT2D eigenvalue weighted by molar-refractivity contribution is 7.10. The molecule has 1 aliphatic rings. The number of benzene rings is 1. The Hall–Kier alpha value is -1.68. The van der Waals surface area contributed by atoms with Gasteiger partial charge in [-0.3, -0.25) is 4.79 Å². The summed E-state index contributed by atoms with van der Waals surface area (Å²) in [7, 11) is 0. The standard InChI is InChI=1S/C17H18FNOS/c1-3-15-13-7-9-21-16(13)6-8-19(15)17(20)12-5-4-11(2)14(18)10-12/h4-5,7,9-10,15H,3,6,8H2,1-2H3. The molecule has 0 N–H and O–H groups in total. The Labute approximate surface area is 128 Å². The smallest absolute Gasteiger partial charge is 0.254 e. The van der Waals surface area contributed by atoms with Crippen LogP contribution in [0.5, 0.6) is 0 Å². The van der Waals surface area contributed by atoms with Gasteiger partial charge in [0.2, 0.25) is 0 Å². The number of hydrogen-bond acceptors (Lipinski definition) is 2. The zero-order chi connectivity index (χ0) is 15.0. The molecule has 1 aromatic heterocycles. The molecule has 21 heavy (non-hydrogen) atoms. The molecular formula is C17H18FNOS. The van der Waals surface area contributed by atoms with Crippen LogP contribution in [0.1, 0.15) is 45.7 Å². The second-order valence-electron chi connectivity index (χ2n) is 5.44. The van der Waals surface area contributed by atoms with E-state index in [9.17, 15) is 9.18 Å². The molecule has 1 unspecified atom stereocenters. The number of fused-ring (bicyclic) bond motifs is 1. The Bertz CT molecular complexity index is 679. The monoisotopic (exact) mass is 303 g/mol. The number of rotatable bonds is 2. The number of halogens is 1. The van der Waals surface area contributed by atoms with Gasteiger partial charge in [-0.2, -0.15) is 0 Å². The maximum Gasteiger partial charge on any atom is 0.254 e. The minimum atomic E-state index is -0.317. The van der Waals surface area contributed by atoms with Crippen LogP contribution in [0.3, 0.4) is 0 Å². The third-order valence-electron chi connectivity index (χ3n) is 4.16. The fourth-order valence-corrected chi connectivity index (χ4v) is 3.90. The average Bonchev–Trinajstić information content (AvgIpc) is 2.96. The zero-order valence-electron chi connectivity index (χ0n) is 12.2. The Morgan fingerprint density at radius 2 is 2.24 bits per heavy atom. The van der Waals surface area contributed by atoms with E-state index in [1.54, 1.807) is 30.4 Å². The summed E-state index contributed by atoms with van der Waals surface area (Å²) >= 11 is 1.76. The molecule has 0 spiro atoms. The quantitative estimate of drug-likeness (QED) is 0.808. The lowest BCUT2D eigenvalue weighted by atomic mass is 9.96. The van der Waals surface area contributed by atoms with Crippen LogP contribution in [-0.4, -0.2) is 17.4 Å². The van der Waals surface area contributed by atoms with E-state index in [-0.39, 0.29) is 17.8 Å². The number of carbonyl (C=O) groups is 1. The number of amides is 1. The molecule has 0 fully saturated rings. The highest BCUT2D eigenvalue weighted by Gasteiger charge is 2.30. The van der Waals surface area contributed by atoms with Crippen molar-refractivity contribution in [1.29, 1.82) is 0 Å². The van der Waals surface area contributed by atoms with Crippen molar-refractivity contribution in [2.75, 3.05) is 6.54 Å². The molecule has 4 heteroatoms. The lowest BCUT2D eigenvalue weighted by Gasteiger charge is -2.35. The van der Waals surface area contributed by atoms with Crippen molar-refractivity contribution in [2.45, 2.75) is 32.7 Å². The summed E-state index contributed by atoms with van der Waals surface area (Å²) in [6, 6.07) is 6.97. The number of aryl methyl sites for hydroxylation is 1. The van der Waals surface area contributed by atoms with E-state index >= 15 is 0 Å². The molecular weight excluding hydrogens is 285 g/mol. The topological polar surface area (TPSA) is 20.3 Å². The third kappa shape index (κ3) is 2.48. The highest BCUT2D eigenvalue weighted by atomic mass is 32.1. The maximum atomic E-state index is 13.7. The van der Waals surface area contributed by atoms with Gasteiger partial charge in [-0.15, -0.1) is 11.3 Å². The van der Waals surface area contributed by atoms with Gasteiger partial charge in [0.05, 0.1) is 6.04 Å². The zero-order valence-corrected chi connectivity index (χ0v) is 13.0. The molecule has 0 bridgehead atoms. The first kappa shape index (κ1) is 14.3. The van der Waals surface area contributed by atoms with Gasteiger partial charge >= 0.3 is 0 Å². The van der Waals surface area contributed by atoms with Crippen LogP contribution in [0, 0.1) is 12.7 Å². The molecule has 1 aliphatic heterocycles. The van der Waals surface area contributed by atoms with E-state index in [0.717, 1.165) is 12.8 Å². The average molecular weight is 303 g/mol. The van der Waals surface area contributed by atoms with Crippen molar-refractivity contribution < 1.29 is 9.18 Å². The van der Waals surface area contributed by atoms with Gasteiger partial charge in [0, 0.05) is 17.0 Å². The highest BCUT2D eigenvalue weighted by Crippen LogP contribution is 2.36. The first-order chi connectivity index (χ1) is 10.1. The van der Waals surface area contributed by atoms with E-state index < -0.39 is 0 Å². The van der Waals surface area contributed by atoms with Crippen LogP contribution in [-0.2, 0) is 6.42 Å². The summed E-state index contributed by atoms with van der Waals surface area (Å²) in [5.41, 5.74) is 2.27. The van der Waals surface area contributed by atoms with Crippen LogP contribution in [0.4, 0.5) is 4.39 Å². The van der Waals surface area contributed by atoms with Crippen LogP contribution < -0.4 is 0 Å². The molecule has 2 heterocycles. The molecule has 2 nitrogen and oxygen atoms in total. The van der Waals surface area contributed by atoms with Crippen molar-refractivity contribution >= 4 is 17.2 Å². The summed E-state index contributed by atoms with van der Waals surface area (Å²) in [6.07, 6.45) is 1.77. The SMILES string of the molecule is CCC1c2ccsc2CCN1C(=O)c1ccc(C)c(F)c1. The van der Waals surface area contributed by atoms with Crippen LogP contribution in [0.25, 0.3) is 0 Å². The van der Waals surface area contributed by atoms with Crippen LogP contribution >= 0.6 is 11.3 Å². The molecule has 0 saturated carbocycles. The number of nitrogens with zero attached hydrogens (tertiary/aromatic N) is 1. The van der Waals surface area contributed by atoms with Gasteiger partial charge in [0.15, 0.2) is 0 Å². The first-order valence-corrected chi connectivity index (χ1v) is 8.13. The normalized spacial score (nSPS) is 17.7. The van der Waals surface area contributed by atoms with E-state index in [1.165, 1.54) is 16.5 Å². The summed E-state index contributed by atoms with van der Waals surface area (Å²) in [5.74, 6) is -0.389. The predicted molar refractivity (Wildman–Crippen MR) is 83.2 cm³/mol. The summed E-state index contributed by atoms with van der Waals surface area (Å²) in [4.78, 5) is 16.0. The van der Waals surface area contributed by atoms with Crippen LogP contribution in [0.2, 0.25) is 0 Å². The molecule has 110 valence electrons. The number of hydrogen-bond donors (Lipinski definition) is 0. The Kier molecular flexibility index (Phi) is 3.81. The second kappa shape index (κ2) is 5.60. The van der Waals surface area contributed by atoms with Crippen molar-refractivity contribution in [3.8, 4) is 0 Å². The number of carbonyl (C=O) groups excluding carboxylic acids is 1. The largest absolute Gasteiger partial charge is 0.331 e. The molecule has 0 saturated heterocycles. The van der Waals surface area contributed by atoms with Gasteiger partial charge in [-0.05, 0) is 54.5 Å². The Balaban J connectivity index is 1.92. The third-order valence-corrected chi connectivity index (χ3v) is 5.16. The molecule has 0 radical (unpaired) electrons. The maximum absolute atomic E-state index is 13.7. The summed E-state index contributed by atoms with van der Waals surface area (Å²) < 4.78 is 13.7. The van der Waals surface area contributed by atoms with E-state index in [0.29, 0.717) is 17.7 Å². The van der Waals surface area contributed by atoms with Crippen molar-refractivity contribution in [3.63, 3.8) is 0 Å². The molecule has 1 amide bonds. The Morgan fingerprint density at radius 1 is 1.43 bits per heavy atom. The van der Waals surface area contributed by atoms with Gasteiger partial charge in [0.25, 0.3) is 5.91 Å². The summed E-state index contributed by atoms with van der Waals surface area (Å²) in [6.45, 7) is 4.50. The number of thiophene rings is 1. The van der Waals surface area contributed by atoms with E-state index in [4.69, 9.17) is 0 Å². The van der Waals surface area contributed by atoms with Crippen molar-refractivity contribution in [2.24, 2.45) is 0 Å². The Morgan fingerprint density at radius 3 is 2.95 bits per heavy atom. The van der Waals surface area contributed by atoms with Gasteiger partial charge in [-0.1, -0.05) is 13.0 Å². The van der Waals surface area contributed by atoms with Gasteiger partial charge < -0.3 is 4.90 Å². The fraction of sp³-hybridized carbons (Fsp3) is 0.353. The lowest BCUT2D eigenvalue weighted by Crippen LogP contribution is -2.39. The molecule has 0 aliphatic carbocycles. The predicted octanol–water partition coefficient (Wildman–Crippen LogP) is 4.35. The molecule has 1 aromatic carbocycles. The molecule has 3 rings (SSSR count). The molecule has 2 aromatic rings. The summed E-state index contributed by atoms with van der Waals surface area (Å²) in [5, 5.41) is 2.09. The first-order valence-electron chi connectivity index (χ1n) is 7.25. The second-order valence-corrected chi connectivity index (χ2v) is 6.44. The van der Waals surface area contributed by atoms with Gasteiger partial charge in [0.1, 0.15) is 5.82 Å². The minimum absolute atomic E-state index is 0.0717. The van der Waals surface area contributed by atoms with E-state index in [2.05, 4.69) is 18.4 Å². The molecule has 1 atom stereocenters. The van der Waals surface area contributed by atoms with E-state index in [1.807, 2.05) is 4.90 Å². The van der Waals surface area contributed by atoms with Gasteiger partial charge in [-0.25, -0.2) is 4.39 Å². The van der Waals surface area contributed by atoms with Crippen LogP contribution in [0.15, 0.2) is 29.6 Å². The van der Waals surface area contributed by atoms with Crippen molar-refractivity contribution in [1.82, 2.24) is 4.90 Å². The van der Waals surface area contributed by atoms with Crippen molar-refractivity contribution in [3.05, 3.63) is 57.0 Å². The minimum Gasteiger partial charge on any atom is -0.331 e. The fourth-order valence-electron chi connectivity index (χ4n) is 2.97. The lowest BCUT2D eigenvalue weighted by molar-refractivity contribution is 0.0657.